The molecule has 0 saturated carbocycles. The van der Waals surface area contributed by atoms with E-state index in [-0.39, 0.29) is 9.52 Å². The van der Waals surface area contributed by atoms with Gasteiger partial charge in [-0.1, -0.05) is 97.1 Å². The molecule has 182 valence electrons. The zero-order chi connectivity index (χ0) is 25.9. The maximum absolute atomic E-state index is 7.76. The molecule has 0 nitrogen and oxygen atoms in total. The van der Waals surface area contributed by atoms with Gasteiger partial charge in [0.1, 0.15) is 9.52 Å². The van der Waals surface area contributed by atoms with Crippen LogP contribution in [0.3, 0.4) is 0 Å². The number of rotatable bonds is 4. The largest absolute Gasteiger partial charge is 0.118 e. The van der Waals surface area contributed by atoms with Gasteiger partial charge in [0, 0.05) is 0 Å². The van der Waals surface area contributed by atoms with Crippen molar-refractivity contribution < 1.29 is 0 Å². The lowest BCUT2D eigenvalue weighted by molar-refractivity contribution is 0.925. The number of hydrogen-bond acceptors (Lipinski definition) is 0. The zero-order valence-corrected chi connectivity index (χ0v) is 24.0. The monoisotopic (exact) mass is 534 g/mol. The minimum atomic E-state index is -0.669. The van der Waals surface area contributed by atoms with E-state index in [1.54, 1.807) is 0 Å². The van der Waals surface area contributed by atoms with Crippen molar-refractivity contribution in [3.8, 4) is 22.3 Å². The van der Waals surface area contributed by atoms with Crippen molar-refractivity contribution in [3.05, 3.63) is 130 Å². The van der Waals surface area contributed by atoms with Crippen LogP contribution in [0.5, 0.6) is 0 Å². The predicted octanol–water partition coefficient (Wildman–Crippen LogP) is 9.82. The second-order valence-corrected chi connectivity index (χ2v) is 13.6. The van der Waals surface area contributed by atoms with Crippen molar-refractivity contribution >= 4 is 43.9 Å². The van der Waals surface area contributed by atoms with Gasteiger partial charge in [0.25, 0.3) is 0 Å². The highest BCUT2D eigenvalue weighted by molar-refractivity contribution is 6.70. The Kier molecular flexibility index (Phi) is 5.87. The Morgan fingerprint density at radius 2 is 0.865 bits per heavy atom. The maximum Gasteiger partial charge on any atom is 0.118 e. The molecule has 0 bridgehead atoms. The first kappa shape index (κ1) is 24.5. The number of alkyl halides is 2. The minimum absolute atomic E-state index is 0.235. The minimum Gasteiger partial charge on any atom is -0.114 e. The first-order valence-corrected chi connectivity index (χ1v) is 14.4. The second-order valence-electron chi connectivity index (χ2n) is 10.1. The third-order valence-electron chi connectivity index (χ3n) is 8.29. The summed E-state index contributed by atoms with van der Waals surface area (Å²) < 4.78 is -1.34. The summed E-state index contributed by atoms with van der Waals surface area (Å²) in [6.45, 7) is 8.79. The molecule has 0 N–H and O–H groups in total. The standard InChI is InChI=1S/C34H28Cl2Si/c1-21-23(3)33(35,29-19-11-17-27(31(21)29)25-13-7-5-8-14-25)37-34(36)24(4)22(2)32-28(18-12-20-30(32)34)26-15-9-6-10-16-26/h5-20H,1-4H3. The SMILES string of the molecule is CC1=C(C)C(Cl)([Si]C2(Cl)C(C)=C(C)c3c(-c4ccccc4)cccc32)c2cccc(-c3ccccc3)c21. The highest BCUT2D eigenvalue weighted by Gasteiger charge is 2.52. The van der Waals surface area contributed by atoms with Gasteiger partial charge in [-0.3, -0.25) is 0 Å². The Labute approximate surface area is 232 Å². The predicted molar refractivity (Wildman–Crippen MR) is 161 cm³/mol. The summed E-state index contributed by atoms with van der Waals surface area (Å²) in [5.41, 5.74) is 14.6. The summed E-state index contributed by atoms with van der Waals surface area (Å²) in [4.78, 5) is 0. The van der Waals surface area contributed by atoms with Crippen molar-refractivity contribution in [1.29, 1.82) is 0 Å². The average Bonchev–Trinajstić information content (AvgIpc) is 3.25. The van der Waals surface area contributed by atoms with E-state index < -0.39 is 8.99 Å². The summed E-state index contributed by atoms with van der Waals surface area (Å²) in [5.74, 6) is 0. The Hall–Kier alpha value is -2.84. The third kappa shape index (κ3) is 3.55. The van der Waals surface area contributed by atoms with Gasteiger partial charge in [-0.15, -0.1) is 23.2 Å². The van der Waals surface area contributed by atoms with Crippen molar-refractivity contribution in [1.82, 2.24) is 0 Å². The molecule has 2 unspecified atom stereocenters. The van der Waals surface area contributed by atoms with Gasteiger partial charge in [-0.25, -0.2) is 0 Å². The molecule has 2 aliphatic rings. The Balaban J connectivity index is 1.51. The summed E-state index contributed by atoms with van der Waals surface area (Å²) in [7, 11) is 0.235. The molecule has 0 amide bonds. The fourth-order valence-electron chi connectivity index (χ4n) is 6.06. The lowest BCUT2D eigenvalue weighted by atomic mass is 9.94. The van der Waals surface area contributed by atoms with E-state index in [0.717, 1.165) is 0 Å². The topological polar surface area (TPSA) is 0 Å². The molecule has 0 spiro atoms. The van der Waals surface area contributed by atoms with E-state index in [0.29, 0.717) is 0 Å². The molecule has 4 aromatic rings. The summed E-state index contributed by atoms with van der Waals surface area (Å²) in [6.07, 6.45) is 0. The van der Waals surface area contributed by atoms with Gasteiger partial charge >= 0.3 is 0 Å². The van der Waals surface area contributed by atoms with Crippen LogP contribution < -0.4 is 0 Å². The fourth-order valence-corrected chi connectivity index (χ4v) is 9.56. The van der Waals surface area contributed by atoms with Gasteiger partial charge in [0.2, 0.25) is 0 Å². The molecule has 0 fully saturated rings. The maximum atomic E-state index is 7.76. The van der Waals surface area contributed by atoms with Gasteiger partial charge in [0.05, 0.1) is 8.99 Å². The van der Waals surface area contributed by atoms with Gasteiger partial charge in [0.15, 0.2) is 0 Å². The van der Waals surface area contributed by atoms with E-state index in [1.807, 2.05) is 0 Å². The molecule has 4 aromatic carbocycles. The van der Waals surface area contributed by atoms with Crippen molar-refractivity contribution in [2.45, 2.75) is 36.7 Å². The second kappa shape index (κ2) is 8.87. The fraction of sp³-hybridized carbons (Fsp3) is 0.176. The van der Waals surface area contributed by atoms with Crippen LogP contribution >= 0.6 is 23.2 Å². The summed E-state index contributed by atoms with van der Waals surface area (Å²) in [6, 6.07) is 34.3. The van der Waals surface area contributed by atoms with Crippen LogP contribution in [0, 0.1) is 0 Å². The highest BCUT2D eigenvalue weighted by atomic mass is 35.5. The van der Waals surface area contributed by atoms with Crippen LogP contribution in [-0.4, -0.2) is 9.52 Å². The molecular formula is C34H28Cl2Si. The van der Waals surface area contributed by atoms with Crippen LogP contribution in [0.2, 0.25) is 0 Å². The molecule has 2 radical (unpaired) electrons. The van der Waals surface area contributed by atoms with Crippen LogP contribution in [-0.2, 0) is 8.99 Å². The van der Waals surface area contributed by atoms with Crippen molar-refractivity contribution in [2.75, 3.05) is 0 Å². The smallest absolute Gasteiger partial charge is 0.114 e. The van der Waals surface area contributed by atoms with Crippen LogP contribution in [0.25, 0.3) is 33.4 Å². The average molecular weight is 536 g/mol. The zero-order valence-electron chi connectivity index (χ0n) is 21.5. The molecular weight excluding hydrogens is 507 g/mol. The van der Waals surface area contributed by atoms with Crippen molar-refractivity contribution in [3.63, 3.8) is 0 Å². The van der Waals surface area contributed by atoms with Crippen LogP contribution in [0.4, 0.5) is 0 Å². The molecule has 2 atom stereocenters. The number of halogens is 2. The van der Waals surface area contributed by atoms with E-state index in [1.165, 1.54) is 66.8 Å². The number of benzene rings is 4. The molecule has 6 rings (SSSR count). The molecule has 0 heterocycles. The van der Waals surface area contributed by atoms with Crippen LogP contribution in [0.15, 0.2) is 108 Å². The lowest BCUT2D eigenvalue weighted by Gasteiger charge is -2.35. The number of allylic oxidation sites excluding steroid dienone is 4. The first-order chi connectivity index (χ1) is 17.8. The Bertz CT molecular complexity index is 1480. The molecule has 3 heteroatoms. The molecule has 0 aromatic heterocycles. The molecule has 0 aliphatic heterocycles. The highest BCUT2D eigenvalue weighted by Crippen LogP contribution is 2.58. The summed E-state index contributed by atoms with van der Waals surface area (Å²) in [5, 5.41) is 0. The van der Waals surface area contributed by atoms with E-state index >= 15 is 0 Å². The number of hydrogen-bond donors (Lipinski definition) is 0. The first-order valence-electron chi connectivity index (χ1n) is 12.7. The number of fused-ring (bicyclic) bond motifs is 2. The molecule has 37 heavy (non-hydrogen) atoms. The van der Waals surface area contributed by atoms with Crippen LogP contribution in [0.1, 0.15) is 49.9 Å². The van der Waals surface area contributed by atoms with E-state index in [2.05, 4.69) is 125 Å². The summed E-state index contributed by atoms with van der Waals surface area (Å²) >= 11 is 15.5. The third-order valence-corrected chi connectivity index (χ3v) is 11.8. The normalized spacial score (nSPS) is 22.4. The Morgan fingerprint density at radius 3 is 1.24 bits per heavy atom. The quantitative estimate of drug-likeness (QED) is 0.180. The molecule has 2 aliphatic carbocycles. The molecule has 0 saturated heterocycles. The van der Waals surface area contributed by atoms with E-state index in [9.17, 15) is 0 Å². The van der Waals surface area contributed by atoms with Gasteiger partial charge in [-0.05, 0) is 94.5 Å². The van der Waals surface area contributed by atoms with Gasteiger partial charge < -0.3 is 0 Å². The Morgan fingerprint density at radius 1 is 0.486 bits per heavy atom. The lowest BCUT2D eigenvalue weighted by Crippen LogP contribution is -2.40. The van der Waals surface area contributed by atoms with Gasteiger partial charge in [-0.2, -0.15) is 0 Å². The van der Waals surface area contributed by atoms with Crippen molar-refractivity contribution in [2.24, 2.45) is 0 Å². The van der Waals surface area contributed by atoms with E-state index in [4.69, 9.17) is 23.2 Å².